The van der Waals surface area contributed by atoms with E-state index in [0.29, 0.717) is 0 Å². The topological polar surface area (TPSA) is 29.9 Å². The van der Waals surface area contributed by atoms with Gasteiger partial charge in [0.25, 0.3) is 0 Å². The van der Waals surface area contributed by atoms with E-state index >= 15 is 0 Å². The van der Waals surface area contributed by atoms with Crippen LogP contribution in [0.3, 0.4) is 0 Å². The van der Waals surface area contributed by atoms with Crippen molar-refractivity contribution in [1.29, 1.82) is 0 Å². The Kier molecular flexibility index (Phi) is 3.24. The number of nitrogens with zero attached hydrogens (tertiary/aromatic N) is 2. The van der Waals surface area contributed by atoms with Gasteiger partial charge in [0.05, 0.1) is 11.7 Å². The van der Waals surface area contributed by atoms with Gasteiger partial charge in [-0.15, -0.1) is 0 Å². The van der Waals surface area contributed by atoms with E-state index in [1.807, 2.05) is 31.8 Å². The van der Waals surface area contributed by atoms with Crippen LogP contribution < -0.4 is 5.32 Å². The summed E-state index contributed by atoms with van der Waals surface area (Å²) in [6.45, 7) is 2.01. The molecular formula is C13H16FN3. The molecule has 2 aromatic rings. The SMILES string of the molecule is CNC(c1ccc(F)cc1)c1cc(C)n(C)n1. The van der Waals surface area contributed by atoms with Gasteiger partial charge in [0, 0.05) is 12.7 Å². The number of aromatic nitrogens is 2. The van der Waals surface area contributed by atoms with Crippen molar-refractivity contribution in [2.75, 3.05) is 7.05 Å². The lowest BCUT2D eigenvalue weighted by Crippen LogP contribution is -2.18. The van der Waals surface area contributed by atoms with Crippen molar-refractivity contribution < 1.29 is 4.39 Å². The predicted octanol–water partition coefficient (Wildman–Crippen LogP) is 2.18. The molecule has 0 radical (unpaired) electrons. The number of nitrogens with one attached hydrogen (secondary N) is 1. The highest BCUT2D eigenvalue weighted by molar-refractivity contribution is 5.28. The number of hydrogen-bond acceptors (Lipinski definition) is 2. The first kappa shape index (κ1) is 11.8. The molecule has 1 N–H and O–H groups in total. The minimum absolute atomic E-state index is 0.00417. The summed E-state index contributed by atoms with van der Waals surface area (Å²) in [5, 5.41) is 7.64. The summed E-state index contributed by atoms with van der Waals surface area (Å²) in [4.78, 5) is 0. The molecule has 0 saturated heterocycles. The lowest BCUT2D eigenvalue weighted by Gasteiger charge is -2.13. The maximum atomic E-state index is 12.9. The normalized spacial score (nSPS) is 12.7. The summed E-state index contributed by atoms with van der Waals surface area (Å²) < 4.78 is 14.7. The minimum Gasteiger partial charge on any atom is -0.308 e. The zero-order valence-electron chi connectivity index (χ0n) is 10.2. The smallest absolute Gasteiger partial charge is 0.123 e. The van der Waals surface area contributed by atoms with Gasteiger partial charge in [-0.1, -0.05) is 12.1 Å². The quantitative estimate of drug-likeness (QED) is 0.880. The van der Waals surface area contributed by atoms with Gasteiger partial charge < -0.3 is 5.32 Å². The van der Waals surface area contributed by atoms with Crippen molar-refractivity contribution >= 4 is 0 Å². The second-order valence-corrected chi connectivity index (χ2v) is 4.11. The molecule has 0 amide bonds. The molecular weight excluding hydrogens is 217 g/mol. The summed E-state index contributed by atoms with van der Waals surface area (Å²) in [6, 6.07) is 8.52. The highest BCUT2D eigenvalue weighted by atomic mass is 19.1. The Hall–Kier alpha value is -1.68. The van der Waals surface area contributed by atoms with Crippen molar-refractivity contribution in [2.45, 2.75) is 13.0 Å². The standard InChI is InChI=1S/C13H16FN3/c1-9-8-12(16-17(9)3)13(15-2)10-4-6-11(14)7-5-10/h4-8,13,15H,1-3H3. The fraction of sp³-hybridized carbons (Fsp3) is 0.308. The van der Waals surface area contributed by atoms with Gasteiger partial charge in [0.15, 0.2) is 0 Å². The number of benzene rings is 1. The number of rotatable bonds is 3. The summed E-state index contributed by atoms with van der Waals surface area (Å²) in [6.07, 6.45) is 0. The molecule has 17 heavy (non-hydrogen) atoms. The van der Waals surface area contributed by atoms with E-state index < -0.39 is 0 Å². The lowest BCUT2D eigenvalue weighted by atomic mass is 10.0. The average Bonchev–Trinajstić information content (AvgIpc) is 2.63. The van der Waals surface area contributed by atoms with Crippen LogP contribution in [0, 0.1) is 12.7 Å². The molecule has 4 heteroatoms. The minimum atomic E-state index is -0.221. The van der Waals surface area contributed by atoms with E-state index in [9.17, 15) is 4.39 Å². The van der Waals surface area contributed by atoms with E-state index in [2.05, 4.69) is 10.4 Å². The lowest BCUT2D eigenvalue weighted by molar-refractivity contribution is 0.617. The van der Waals surface area contributed by atoms with Gasteiger partial charge in [-0.05, 0) is 37.7 Å². The van der Waals surface area contributed by atoms with Crippen LogP contribution in [0.25, 0.3) is 0 Å². The van der Waals surface area contributed by atoms with Crippen molar-refractivity contribution in [3.8, 4) is 0 Å². The van der Waals surface area contributed by atoms with Gasteiger partial charge in [-0.25, -0.2) is 4.39 Å². The van der Waals surface area contributed by atoms with Gasteiger partial charge in [-0.3, -0.25) is 4.68 Å². The molecule has 0 aliphatic rings. The van der Waals surface area contributed by atoms with Crippen LogP contribution in [0.15, 0.2) is 30.3 Å². The van der Waals surface area contributed by atoms with E-state index in [1.54, 1.807) is 12.1 Å². The third-order valence-electron chi connectivity index (χ3n) is 2.92. The zero-order valence-corrected chi connectivity index (χ0v) is 10.2. The summed E-state index contributed by atoms with van der Waals surface area (Å²) in [5.74, 6) is -0.221. The number of hydrogen-bond donors (Lipinski definition) is 1. The Bertz CT molecular complexity index is 482. The van der Waals surface area contributed by atoms with Crippen LogP contribution >= 0.6 is 0 Å². The molecule has 0 saturated carbocycles. The van der Waals surface area contributed by atoms with Crippen LogP contribution in [0.1, 0.15) is 23.0 Å². The molecule has 0 bridgehead atoms. The van der Waals surface area contributed by atoms with E-state index in [-0.39, 0.29) is 11.9 Å². The Labute approximate surface area is 100 Å². The first-order valence-corrected chi connectivity index (χ1v) is 5.55. The summed E-state index contributed by atoms with van der Waals surface area (Å²) in [7, 11) is 3.79. The molecule has 3 nitrogen and oxygen atoms in total. The summed E-state index contributed by atoms with van der Waals surface area (Å²) >= 11 is 0. The molecule has 1 atom stereocenters. The molecule has 2 rings (SSSR count). The molecule has 0 fully saturated rings. The van der Waals surface area contributed by atoms with Gasteiger partial charge in [-0.2, -0.15) is 5.10 Å². The Morgan fingerprint density at radius 2 is 1.94 bits per heavy atom. The second-order valence-electron chi connectivity index (χ2n) is 4.11. The Morgan fingerprint density at radius 1 is 1.29 bits per heavy atom. The molecule has 0 aliphatic carbocycles. The van der Waals surface area contributed by atoms with Gasteiger partial charge >= 0.3 is 0 Å². The Balaban J connectivity index is 2.36. The van der Waals surface area contributed by atoms with Crippen molar-refractivity contribution in [3.05, 3.63) is 53.1 Å². The van der Waals surface area contributed by atoms with Crippen LogP contribution in [0.2, 0.25) is 0 Å². The first-order chi connectivity index (χ1) is 8.11. The molecule has 1 unspecified atom stereocenters. The first-order valence-electron chi connectivity index (χ1n) is 5.55. The maximum Gasteiger partial charge on any atom is 0.123 e. The number of halogens is 1. The number of aryl methyl sites for hydroxylation is 2. The highest BCUT2D eigenvalue weighted by Gasteiger charge is 2.15. The molecule has 1 aromatic heterocycles. The second kappa shape index (κ2) is 4.67. The van der Waals surface area contributed by atoms with E-state index in [0.717, 1.165) is 17.0 Å². The monoisotopic (exact) mass is 233 g/mol. The van der Waals surface area contributed by atoms with E-state index in [1.165, 1.54) is 12.1 Å². The fourth-order valence-electron chi connectivity index (χ4n) is 1.87. The van der Waals surface area contributed by atoms with Gasteiger partial charge in [0.1, 0.15) is 5.82 Å². The van der Waals surface area contributed by atoms with Crippen LogP contribution in [0.4, 0.5) is 4.39 Å². The van der Waals surface area contributed by atoms with Crippen LogP contribution in [-0.4, -0.2) is 16.8 Å². The van der Waals surface area contributed by atoms with Gasteiger partial charge in [0.2, 0.25) is 0 Å². The molecule has 1 heterocycles. The maximum absolute atomic E-state index is 12.9. The molecule has 0 aliphatic heterocycles. The third-order valence-corrected chi connectivity index (χ3v) is 2.92. The van der Waals surface area contributed by atoms with Crippen molar-refractivity contribution in [2.24, 2.45) is 7.05 Å². The van der Waals surface area contributed by atoms with E-state index in [4.69, 9.17) is 0 Å². The third kappa shape index (κ3) is 2.36. The highest BCUT2D eigenvalue weighted by Crippen LogP contribution is 2.21. The fourth-order valence-corrected chi connectivity index (χ4v) is 1.87. The molecule has 1 aromatic carbocycles. The molecule has 0 spiro atoms. The van der Waals surface area contributed by atoms with Crippen molar-refractivity contribution in [1.82, 2.24) is 15.1 Å². The largest absolute Gasteiger partial charge is 0.308 e. The summed E-state index contributed by atoms with van der Waals surface area (Å²) in [5.41, 5.74) is 3.05. The zero-order chi connectivity index (χ0) is 12.4. The Morgan fingerprint density at radius 3 is 2.41 bits per heavy atom. The van der Waals surface area contributed by atoms with Crippen molar-refractivity contribution in [3.63, 3.8) is 0 Å². The molecule has 90 valence electrons. The van der Waals surface area contributed by atoms with Crippen LogP contribution in [0.5, 0.6) is 0 Å². The predicted molar refractivity (Wildman–Crippen MR) is 65.2 cm³/mol. The average molecular weight is 233 g/mol. The van der Waals surface area contributed by atoms with Crippen LogP contribution in [-0.2, 0) is 7.05 Å².